The van der Waals surface area contributed by atoms with Gasteiger partial charge in [-0.1, -0.05) is 0 Å². The van der Waals surface area contributed by atoms with E-state index in [2.05, 4.69) is 20.6 Å². The predicted octanol–water partition coefficient (Wildman–Crippen LogP) is 1.50. The van der Waals surface area contributed by atoms with Crippen LogP contribution in [0.5, 0.6) is 0 Å². The van der Waals surface area contributed by atoms with Gasteiger partial charge >= 0.3 is 6.09 Å². The number of hydrogen-bond donors (Lipinski definition) is 2. The van der Waals surface area contributed by atoms with Gasteiger partial charge < -0.3 is 20.3 Å². The van der Waals surface area contributed by atoms with Crippen LogP contribution in [0.4, 0.5) is 4.79 Å². The quantitative estimate of drug-likeness (QED) is 0.823. The highest BCUT2D eigenvalue weighted by atomic mass is 16.6. The second kappa shape index (κ2) is 8.48. The molecule has 0 saturated carbocycles. The zero-order valence-electron chi connectivity index (χ0n) is 15.3. The summed E-state index contributed by atoms with van der Waals surface area (Å²) in [4.78, 5) is 14.0. The van der Waals surface area contributed by atoms with Gasteiger partial charge in [-0.3, -0.25) is 4.68 Å². The normalized spacial score (nSPS) is 17.0. The number of aryl methyl sites for hydroxylation is 1. The number of hydrogen-bond acceptors (Lipinski definition) is 5. The van der Waals surface area contributed by atoms with Crippen molar-refractivity contribution in [3.8, 4) is 0 Å². The van der Waals surface area contributed by atoms with E-state index in [0.29, 0.717) is 12.6 Å². The van der Waals surface area contributed by atoms with Crippen LogP contribution >= 0.6 is 0 Å². The Labute approximate surface area is 144 Å². The van der Waals surface area contributed by atoms with Crippen molar-refractivity contribution in [1.29, 1.82) is 0 Å². The minimum Gasteiger partial charge on any atom is -0.444 e. The van der Waals surface area contributed by atoms with Gasteiger partial charge in [0, 0.05) is 38.9 Å². The van der Waals surface area contributed by atoms with Gasteiger partial charge in [0.15, 0.2) is 0 Å². The van der Waals surface area contributed by atoms with Gasteiger partial charge in [0.05, 0.1) is 5.69 Å². The Hall–Kier alpha value is -1.60. The number of aromatic nitrogens is 2. The third-order valence-corrected chi connectivity index (χ3v) is 4.02. The Balaban J connectivity index is 1.56. The Morgan fingerprint density at radius 1 is 1.38 bits per heavy atom. The van der Waals surface area contributed by atoms with Crippen LogP contribution < -0.4 is 10.6 Å². The van der Waals surface area contributed by atoms with Crippen LogP contribution in [0.2, 0.25) is 0 Å². The molecule has 0 bridgehead atoms. The van der Waals surface area contributed by atoms with E-state index in [1.165, 1.54) is 0 Å². The number of alkyl carbamates (subject to hydrolysis) is 1. The zero-order chi connectivity index (χ0) is 17.6. The molecule has 24 heavy (non-hydrogen) atoms. The molecular weight excluding hydrogens is 306 g/mol. The molecule has 2 heterocycles. The third kappa shape index (κ3) is 6.88. The molecule has 1 fully saturated rings. The molecule has 2 N–H and O–H groups in total. The number of nitrogens with zero attached hydrogens (tertiary/aromatic N) is 3. The SMILES string of the molecule is Cn1ccc(CNC2CCN(CCNC(=O)OC(C)(C)C)CC2)n1. The highest BCUT2D eigenvalue weighted by Gasteiger charge is 2.19. The van der Waals surface area contributed by atoms with Crippen molar-refractivity contribution < 1.29 is 9.53 Å². The lowest BCUT2D eigenvalue weighted by Crippen LogP contribution is -2.45. The maximum Gasteiger partial charge on any atom is 0.407 e. The number of amides is 1. The third-order valence-electron chi connectivity index (χ3n) is 4.02. The Morgan fingerprint density at radius 3 is 2.67 bits per heavy atom. The number of rotatable bonds is 6. The van der Waals surface area contributed by atoms with Crippen LogP contribution in [0.3, 0.4) is 0 Å². The summed E-state index contributed by atoms with van der Waals surface area (Å²) >= 11 is 0. The molecule has 7 nitrogen and oxygen atoms in total. The van der Waals surface area contributed by atoms with Crippen molar-refractivity contribution in [3.63, 3.8) is 0 Å². The lowest BCUT2D eigenvalue weighted by molar-refractivity contribution is 0.0519. The summed E-state index contributed by atoms with van der Waals surface area (Å²) in [5.41, 5.74) is 0.642. The largest absolute Gasteiger partial charge is 0.444 e. The molecule has 2 rings (SSSR count). The van der Waals surface area contributed by atoms with Crippen molar-refractivity contribution in [1.82, 2.24) is 25.3 Å². The van der Waals surface area contributed by atoms with Crippen molar-refractivity contribution in [2.24, 2.45) is 7.05 Å². The van der Waals surface area contributed by atoms with Crippen LogP contribution in [0.15, 0.2) is 12.3 Å². The topological polar surface area (TPSA) is 71.4 Å². The second-order valence-corrected chi connectivity index (χ2v) is 7.41. The summed E-state index contributed by atoms with van der Waals surface area (Å²) in [5.74, 6) is 0. The average Bonchev–Trinajstić information content (AvgIpc) is 2.90. The van der Waals surface area contributed by atoms with Gasteiger partial charge in [-0.15, -0.1) is 0 Å². The van der Waals surface area contributed by atoms with E-state index in [-0.39, 0.29) is 6.09 Å². The second-order valence-electron chi connectivity index (χ2n) is 7.41. The number of carbonyl (C=O) groups excluding carboxylic acids is 1. The van der Waals surface area contributed by atoms with Gasteiger partial charge in [-0.25, -0.2) is 4.79 Å². The molecule has 0 aromatic carbocycles. The zero-order valence-corrected chi connectivity index (χ0v) is 15.3. The van der Waals surface area contributed by atoms with Crippen molar-refractivity contribution in [3.05, 3.63) is 18.0 Å². The fourth-order valence-corrected chi connectivity index (χ4v) is 2.80. The smallest absolute Gasteiger partial charge is 0.407 e. The summed E-state index contributed by atoms with van der Waals surface area (Å²) in [6.07, 6.45) is 3.88. The summed E-state index contributed by atoms with van der Waals surface area (Å²) in [6.45, 7) is 10.0. The molecule has 1 saturated heterocycles. The lowest BCUT2D eigenvalue weighted by atomic mass is 10.1. The monoisotopic (exact) mass is 337 g/mol. The molecule has 1 aromatic heterocycles. The summed E-state index contributed by atoms with van der Waals surface area (Å²) < 4.78 is 7.06. The molecular formula is C17H31N5O2. The summed E-state index contributed by atoms with van der Waals surface area (Å²) in [7, 11) is 1.94. The molecule has 136 valence electrons. The van der Waals surface area contributed by atoms with E-state index in [9.17, 15) is 4.79 Å². The average molecular weight is 337 g/mol. The van der Waals surface area contributed by atoms with Gasteiger partial charge in [0.1, 0.15) is 5.60 Å². The first-order valence-electron chi connectivity index (χ1n) is 8.73. The van der Waals surface area contributed by atoms with Crippen LogP contribution in [0, 0.1) is 0 Å². The number of nitrogens with one attached hydrogen (secondary N) is 2. The van der Waals surface area contributed by atoms with E-state index in [4.69, 9.17) is 4.74 Å². The van der Waals surface area contributed by atoms with Crippen molar-refractivity contribution in [2.75, 3.05) is 26.2 Å². The molecule has 0 aliphatic carbocycles. The highest BCUT2D eigenvalue weighted by molar-refractivity contribution is 5.67. The van der Waals surface area contributed by atoms with E-state index in [1.54, 1.807) is 0 Å². The first-order chi connectivity index (χ1) is 11.3. The van der Waals surface area contributed by atoms with Gasteiger partial charge in [-0.2, -0.15) is 5.10 Å². The molecule has 0 unspecified atom stereocenters. The molecule has 1 aliphatic heterocycles. The van der Waals surface area contributed by atoms with Crippen LogP contribution in [-0.2, 0) is 18.3 Å². The van der Waals surface area contributed by atoms with Gasteiger partial charge in [-0.05, 0) is 52.8 Å². The van der Waals surface area contributed by atoms with Crippen LogP contribution in [-0.4, -0.2) is 58.6 Å². The maximum absolute atomic E-state index is 11.6. The van der Waals surface area contributed by atoms with E-state index in [1.807, 2.05) is 44.8 Å². The van der Waals surface area contributed by atoms with Crippen molar-refractivity contribution in [2.45, 2.75) is 51.8 Å². The number of carbonyl (C=O) groups is 1. The molecule has 7 heteroatoms. The number of likely N-dealkylation sites (tertiary alicyclic amines) is 1. The fraction of sp³-hybridized carbons (Fsp3) is 0.765. The molecule has 0 radical (unpaired) electrons. The Morgan fingerprint density at radius 2 is 2.08 bits per heavy atom. The number of piperidine rings is 1. The minimum absolute atomic E-state index is 0.339. The van der Waals surface area contributed by atoms with E-state index >= 15 is 0 Å². The first kappa shape index (κ1) is 18.7. The summed E-state index contributed by atoms with van der Waals surface area (Å²) in [6, 6.07) is 2.59. The maximum atomic E-state index is 11.6. The highest BCUT2D eigenvalue weighted by Crippen LogP contribution is 2.11. The predicted molar refractivity (Wildman–Crippen MR) is 93.7 cm³/mol. The molecule has 0 atom stereocenters. The van der Waals surface area contributed by atoms with Crippen LogP contribution in [0.1, 0.15) is 39.3 Å². The Bertz CT molecular complexity index is 515. The fourth-order valence-electron chi connectivity index (χ4n) is 2.80. The molecule has 1 amide bonds. The van der Waals surface area contributed by atoms with Crippen LogP contribution in [0.25, 0.3) is 0 Å². The van der Waals surface area contributed by atoms with Crippen molar-refractivity contribution >= 4 is 6.09 Å². The van der Waals surface area contributed by atoms with E-state index < -0.39 is 5.60 Å². The summed E-state index contributed by atoms with van der Waals surface area (Å²) in [5, 5.41) is 10.8. The standard InChI is InChI=1S/C17H31N5O2/c1-17(2,3)24-16(23)18-8-12-22-10-6-14(7-11-22)19-13-15-5-9-21(4)20-15/h5,9,14,19H,6-8,10-13H2,1-4H3,(H,18,23). The first-order valence-corrected chi connectivity index (χ1v) is 8.73. The Kier molecular flexibility index (Phi) is 6.62. The lowest BCUT2D eigenvalue weighted by Gasteiger charge is -2.32. The minimum atomic E-state index is -0.443. The van der Waals surface area contributed by atoms with E-state index in [0.717, 1.165) is 44.7 Å². The van der Waals surface area contributed by atoms with Gasteiger partial charge in [0.2, 0.25) is 0 Å². The molecule has 1 aliphatic rings. The molecule has 0 spiro atoms. The van der Waals surface area contributed by atoms with Gasteiger partial charge in [0.25, 0.3) is 0 Å². The number of ether oxygens (including phenoxy) is 1. The molecule has 1 aromatic rings.